The number of anilines is 1. The Hall–Kier alpha value is -4.41. The van der Waals surface area contributed by atoms with Gasteiger partial charge in [-0.25, -0.2) is 4.98 Å². The summed E-state index contributed by atoms with van der Waals surface area (Å²) in [6.45, 7) is 3.45. The number of nitrogens with zero attached hydrogens (tertiary/aromatic N) is 3. The topological polar surface area (TPSA) is 79.9 Å². The molecule has 5 rings (SSSR count). The summed E-state index contributed by atoms with van der Waals surface area (Å²) in [6, 6.07) is 27.5. The van der Waals surface area contributed by atoms with E-state index in [1.165, 1.54) is 11.3 Å². The monoisotopic (exact) mass is 492 g/mol. The van der Waals surface area contributed by atoms with Gasteiger partial charge < -0.3 is 9.30 Å². The summed E-state index contributed by atoms with van der Waals surface area (Å²) < 4.78 is 9.05. The number of hydrogen-bond acceptors (Lipinski definition) is 5. The fourth-order valence-electron chi connectivity index (χ4n) is 4.08. The average Bonchev–Trinajstić information content (AvgIpc) is 3.47. The number of hydrogen-bond donors (Lipinski definition) is 1. The highest BCUT2D eigenvalue weighted by atomic mass is 32.1. The fraction of sp³-hybridized carbons (Fsp3) is 0.138. The SMILES string of the molecule is C[C@H](COc1ccccc1)Cn1cc(/C=C(\C#N)C(=O)Nc2nc3ccccc3s2)c2ccccc21. The molecule has 0 aliphatic rings. The van der Waals surface area contributed by atoms with E-state index in [4.69, 9.17) is 4.74 Å². The van der Waals surface area contributed by atoms with Crippen LogP contribution in [0.3, 0.4) is 0 Å². The number of fused-ring (bicyclic) bond motifs is 2. The Labute approximate surface area is 213 Å². The summed E-state index contributed by atoms with van der Waals surface area (Å²) in [6.07, 6.45) is 3.64. The van der Waals surface area contributed by atoms with Crippen LogP contribution in [0.1, 0.15) is 12.5 Å². The predicted molar refractivity (Wildman–Crippen MR) is 145 cm³/mol. The van der Waals surface area contributed by atoms with Gasteiger partial charge in [0.05, 0.1) is 16.8 Å². The van der Waals surface area contributed by atoms with Crippen LogP contribution in [0.15, 0.2) is 90.6 Å². The van der Waals surface area contributed by atoms with Gasteiger partial charge >= 0.3 is 0 Å². The first kappa shape index (κ1) is 23.3. The summed E-state index contributed by atoms with van der Waals surface area (Å²) in [5.41, 5.74) is 2.70. The molecule has 0 aliphatic heterocycles. The Bertz CT molecular complexity index is 1560. The maximum absolute atomic E-state index is 12.9. The van der Waals surface area contributed by atoms with Crippen LogP contribution in [-0.4, -0.2) is 22.1 Å². The third-order valence-corrected chi connectivity index (χ3v) is 6.74. The summed E-state index contributed by atoms with van der Waals surface area (Å²) in [7, 11) is 0. The number of rotatable bonds is 8. The molecule has 2 aromatic heterocycles. The Morgan fingerprint density at radius 1 is 1.11 bits per heavy atom. The second-order valence-corrected chi connectivity index (χ2v) is 9.62. The van der Waals surface area contributed by atoms with Gasteiger partial charge in [-0.3, -0.25) is 10.1 Å². The number of para-hydroxylation sites is 3. The van der Waals surface area contributed by atoms with Gasteiger partial charge in [-0.15, -0.1) is 0 Å². The Morgan fingerprint density at radius 3 is 2.67 bits per heavy atom. The van der Waals surface area contributed by atoms with E-state index in [-0.39, 0.29) is 11.5 Å². The fourth-order valence-corrected chi connectivity index (χ4v) is 4.94. The molecule has 7 heteroatoms. The molecule has 0 spiro atoms. The van der Waals surface area contributed by atoms with Crippen LogP contribution in [0.4, 0.5) is 5.13 Å². The molecule has 0 saturated carbocycles. The van der Waals surface area contributed by atoms with Crippen molar-refractivity contribution < 1.29 is 9.53 Å². The average molecular weight is 493 g/mol. The van der Waals surface area contributed by atoms with Crippen molar-refractivity contribution in [1.82, 2.24) is 9.55 Å². The van der Waals surface area contributed by atoms with E-state index in [0.29, 0.717) is 11.7 Å². The molecule has 0 bridgehead atoms. The lowest BCUT2D eigenvalue weighted by atomic mass is 10.1. The highest BCUT2D eigenvalue weighted by Gasteiger charge is 2.15. The van der Waals surface area contributed by atoms with Crippen LogP contribution in [-0.2, 0) is 11.3 Å². The summed E-state index contributed by atoms with van der Waals surface area (Å²) in [4.78, 5) is 17.3. The van der Waals surface area contributed by atoms with E-state index in [0.717, 1.165) is 39.0 Å². The molecule has 0 unspecified atom stereocenters. The molecule has 36 heavy (non-hydrogen) atoms. The molecular formula is C29H24N4O2S. The van der Waals surface area contributed by atoms with Gasteiger partial charge in [-0.1, -0.05) is 66.8 Å². The Morgan fingerprint density at radius 2 is 1.86 bits per heavy atom. The van der Waals surface area contributed by atoms with Crippen molar-refractivity contribution in [3.63, 3.8) is 0 Å². The van der Waals surface area contributed by atoms with Gasteiger partial charge in [-0.2, -0.15) is 5.26 Å². The van der Waals surface area contributed by atoms with E-state index in [1.54, 1.807) is 6.08 Å². The Kier molecular flexibility index (Phi) is 6.78. The first-order chi connectivity index (χ1) is 17.6. The van der Waals surface area contributed by atoms with E-state index in [2.05, 4.69) is 27.9 Å². The Balaban J connectivity index is 1.36. The molecule has 0 saturated heterocycles. The zero-order valence-electron chi connectivity index (χ0n) is 19.7. The number of nitrogens with one attached hydrogen (secondary N) is 1. The summed E-state index contributed by atoms with van der Waals surface area (Å²) in [5, 5.41) is 14.0. The van der Waals surface area contributed by atoms with Gasteiger partial charge in [0, 0.05) is 35.1 Å². The minimum absolute atomic E-state index is 0.0256. The van der Waals surface area contributed by atoms with Crippen molar-refractivity contribution in [2.45, 2.75) is 13.5 Å². The highest BCUT2D eigenvalue weighted by Crippen LogP contribution is 2.27. The molecule has 3 aromatic carbocycles. The first-order valence-electron chi connectivity index (χ1n) is 11.6. The van der Waals surface area contributed by atoms with Crippen LogP contribution in [0, 0.1) is 17.2 Å². The van der Waals surface area contributed by atoms with Crippen LogP contribution in [0.2, 0.25) is 0 Å². The third kappa shape index (κ3) is 5.14. The maximum Gasteiger partial charge on any atom is 0.268 e. The molecular weight excluding hydrogens is 468 g/mol. The number of carbonyl (C=O) groups excluding carboxylic acids is 1. The smallest absolute Gasteiger partial charge is 0.268 e. The van der Waals surface area contributed by atoms with E-state index < -0.39 is 5.91 Å². The normalized spacial score (nSPS) is 12.4. The molecule has 1 atom stereocenters. The lowest BCUT2D eigenvalue weighted by Crippen LogP contribution is -2.15. The zero-order chi connectivity index (χ0) is 24.9. The molecule has 0 radical (unpaired) electrons. The quantitative estimate of drug-likeness (QED) is 0.198. The molecule has 1 N–H and O–H groups in total. The lowest BCUT2D eigenvalue weighted by Gasteiger charge is -2.15. The number of thiazole rings is 1. The predicted octanol–water partition coefficient (Wildman–Crippen LogP) is 6.51. The van der Waals surface area contributed by atoms with Gasteiger partial charge in [0.15, 0.2) is 5.13 Å². The molecule has 6 nitrogen and oxygen atoms in total. The summed E-state index contributed by atoms with van der Waals surface area (Å²) >= 11 is 1.38. The van der Waals surface area contributed by atoms with Crippen LogP contribution >= 0.6 is 11.3 Å². The van der Waals surface area contributed by atoms with Gasteiger partial charge in [0.1, 0.15) is 17.4 Å². The molecule has 0 fully saturated rings. The minimum Gasteiger partial charge on any atom is -0.493 e. The minimum atomic E-state index is -0.474. The standard InChI is InChI=1S/C29H24N4O2S/c1-20(19-35-23-9-3-2-4-10-23)17-33-18-22(24-11-5-7-13-26(24)33)15-21(16-30)28(34)32-29-31-25-12-6-8-14-27(25)36-29/h2-15,18,20H,17,19H2,1H3,(H,31,32,34)/b21-15+/t20-/m0/s1. The van der Waals surface area contributed by atoms with Crippen molar-refractivity contribution in [3.8, 4) is 11.8 Å². The van der Waals surface area contributed by atoms with Gasteiger partial charge in [-0.05, 0) is 36.4 Å². The van der Waals surface area contributed by atoms with E-state index >= 15 is 0 Å². The second-order valence-electron chi connectivity index (χ2n) is 8.59. The van der Waals surface area contributed by atoms with Crippen molar-refractivity contribution in [2.75, 3.05) is 11.9 Å². The second kappa shape index (κ2) is 10.5. The van der Waals surface area contributed by atoms with Crippen molar-refractivity contribution in [3.05, 3.63) is 96.2 Å². The van der Waals surface area contributed by atoms with Crippen molar-refractivity contribution in [1.29, 1.82) is 5.26 Å². The third-order valence-electron chi connectivity index (χ3n) is 5.78. The maximum atomic E-state index is 12.9. The number of aromatic nitrogens is 2. The summed E-state index contributed by atoms with van der Waals surface area (Å²) in [5.74, 6) is 0.622. The largest absolute Gasteiger partial charge is 0.493 e. The molecule has 178 valence electrons. The number of ether oxygens (including phenoxy) is 1. The van der Waals surface area contributed by atoms with Crippen LogP contribution in [0.25, 0.3) is 27.2 Å². The van der Waals surface area contributed by atoms with Gasteiger partial charge in [0.25, 0.3) is 5.91 Å². The highest BCUT2D eigenvalue weighted by molar-refractivity contribution is 7.22. The molecule has 0 aliphatic carbocycles. The van der Waals surface area contributed by atoms with Crippen LogP contribution in [0.5, 0.6) is 5.75 Å². The van der Waals surface area contributed by atoms with Crippen LogP contribution < -0.4 is 10.1 Å². The van der Waals surface area contributed by atoms with E-state index in [9.17, 15) is 10.1 Å². The molecule has 2 heterocycles. The van der Waals surface area contributed by atoms with Crippen molar-refractivity contribution in [2.24, 2.45) is 5.92 Å². The molecule has 5 aromatic rings. The van der Waals surface area contributed by atoms with Gasteiger partial charge in [0.2, 0.25) is 0 Å². The number of amides is 1. The van der Waals surface area contributed by atoms with E-state index in [1.807, 2.05) is 85.1 Å². The first-order valence-corrected chi connectivity index (χ1v) is 12.5. The number of nitriles is 1. The number of carbonyl (C=O) groups is 1. The van der Waals surface area contributed by atoms with Crippen molar-refractivity contribution >= 4 is 49.6 Å². The molecule has 1 amide bonds. The number of benzene rings is 3. The zero-order valence-corrected chi connectivity index (χ0v) is 20.5. The lowest BCUT2D eigenvalue weighted by molar-refractivity contribution is -0.112.